The molecule has 11 nitrogen and oxygen atoms in total. The summed E-state index contributed by atoms with van der Waals surface area (Å²) in [6.45, 7) is -0.137. The van der Waals surface area contributed by atoms with Crippen LogP contribution in [0.5, 0.6) is 5.75 Å². The van der Waals surface area contributed by atoms with E-state index in [4.69, 9.17) is 4.74 Å². The van der Waals surface area contributed by atoms with Gasteiger partial charge in [0.1, 0.15) is 11.3 Å². The molecule has 0 spiro atoms. The van der Waals surface area contributed by atoms with Crippen LogP contribution in [0.4, 0.5) is 15.8 Å². The predicted octanol–water partition coefficient (Wildman–Crippen LogP) is 2.02. The van der Waals surface area contributed by atoms with E-state index in [2.05, 4.69) is 5.32 Å². The largest absolute Gasteiger partial charge is 0.507 e. The number of phenolic OH excluding ortho intramolecular Hbond substituents is 1. The van der Waals surface area contributed by atoms with Gasteiger partial charge in [0.2, 0.25) is 15.8 Å². The minimum absolute atomic E-state index is 0.0966. The van der Waals surface area contributed by atoms with Gasteiger partial charge in [-0.2, -0.15) is 8.70 Å². The number of halogens is 1. The number of hydrogen-bond donors (Lipinski definition) is 2. The van der Waals surface area contributed by atoms with Crippen molar-refractivity contribution < 1.29 is 37.2 Å². The van der Waals surface area contributed by atoms with E-state index in [9.17, 15) is 37.6 Å². The minimum atomic E-state index is -3.85. The fourth-order valence-electron chi connectivity index (χ4n) is 3.05. The molecule has 1 aliphatic heterocycles. The molecular weight excluding hydrogens is 449 g/mol. The number of carbonyl (C=O) groups excluding carboxylic acids is 2. The molecule has 13 heteroatoms. The number of benzene rings is 2. The summed E-state index contributed by atoms with van der Waals surface area (Å²) < 4.78 is 44.7. The molecule has 1 fully saturated rings. The van der Waals surface area contributed by atoms with Gasteiger partial charge in [0, 0.05) is 24.8 Å². The molecule has 0 unspecified atom stereocenters. The van der Waals surface area contributed by atoms with E-state index in [-0.39, 0.29) is 10.6 Å². The first kappa shape index (κ1) is 23.1. The highest BCUT2D eigenvalue weighted by Crippen LogP contribution is 2.26. The Hall–Kier alpha value is -3.58. The number of phenols is 1. The summed E-state index contributed by atoms with van der Waals surface area (Å²) in [4.78, 5) is 33.9. The topological polar surface area (TPSA) is 156 Å². The summed E-state index contributed by atoms with van der Waals surface area (Å²) in [6.07, 6.45) is 1.44. The molecule has 0 bridgehead atoms. The maximum absolute atomic E-state index is 13.4. The van der Waals surface area contributed by atoms with Gasteiger partial charge < -0.3 is 15.2 Å². The highest BCUT2D eigenvalue weighted by Gasteiger charge is 2.29. The third-order valence-electron chi connectivity index (χ3n) is 4.65. The van der Waals surface area contributed by atoms with E-state index in [1.807, 2.05) is 0 Å². The molecule has 3 rings (SSSR count). The van der Waals surface area contributed by atoms with Gasteiger partial charge in [0.15, 0.2) is 6.61 Å². The van der Waals surface area contributed by atoms with Gasteiger partial charge in [-0.3, -0.25) is 14.9 Å². The average molecular weight is 467 g/mol. The van der Waals surface area contributed by atoms with Crippen LogP contribution >= 0.6 is 0 Å². The second kappa shape index (κ2) is 9.28. The summed E-state index contributed by atoms with van der Waals surface area (Å²) in [5.41, 5.74) is -1.39. The Kier molecular flexibility index (Phi) is 6.69. The number of sulfonamides is 1. The molecule has 0 saturated carbocycles. The van der Waals surface area contributed by atoms with E-state index in [1.54, 1.807) is 0 Å². The van der Waals surface area contributed by atoms with E-state index in [0.29, 0.717) is 13.1 Å². The van der Waals surface area contributed by atoms with Gasteiger partial charge in [-0.25, -0.2) is 13.2 Å². The summed E-state index contributed by atoms with van der Waals surface area (Å²) in [5, 5.41) is 22.9. The van der Waals surface area contributed by atoms with Crippen molar-refractivity contribution in [2.45, 2.75) is 17.7 Å². The van der Waals surface area contributed by atoms with Crippen LogP contribution in [0, 0.1) is 15.9 Å². The van der Waals surface area contributed by atoms with Crippen LogP contribution in [0.15, 0.2) is 41.3 Å². The van der Waals surface area contributed by atoms with Crippen molar-refractivity contribution in [3.8, 4) is 5.75 Å². The lowest BCUT2D eigenvalue weighted by Crippen LogP contribution is -2.28. The van der Waals surface area contributed by atoms with Gasteiger partial charge in [-0.1, -0.05) is 0 Å². The van der Waals surface area contributed by atoms with Crippen LogP contribution in [0.3, 0.4) is 0 Å². The van der Waals surface area contributed by atoms with Crippen molar-refractivity contribution in [1.29, 1.82) is 0 Å². The van der Waals surface area contributed by atoms with Gasteiger partial charge in [-0.05, 0) is 43.2 Å². The Morgan fingerprint density at radius 2 is 1.88 bits per heavy atom. The Balaban J connectivity index is 1.68. The number of ether oxygens (including phenoxy) is 1. The number of carbonyl (C=O) groups is 2. The third kappa shape index (κ3) is 5.00. The molecule has 1 amide bonds. The van der Waals surface area contributed by atoms with Crippen LogP contribution < -0.4 is 5.32 Å². The van der Waals surface area contributed by atoms with Crippen LogP contribution in [0.2, 0.25) is 0 Å². The van der Waals surface area contributed by atoms with Crippen molar-refractivity contribution >= 4 is 33.3 Å². The first-order valence-corrected chi connectivity index (χ1v) is 10.8. The zero-order valence-corrected chi connectivity index (χ0v) is 17.3. The molecule has 0 aliphatic carbocycles. The highest BCUT2D eigenvalue weighted by atomic mass is 32.2. The number of anilines is 1. The van der Waals surface area contributed by atoms with Crippen molar-refractivity contribution in [2.24, 2.45) is 0 Å². The number of aromatic hydroxyl groups is 1. The molecule has 2 N–H and O–H groups in total. The SMILES string of the molecule is O=C(COC(=O)c1cc(S(=O)(=O)N2CCCC2)ccc1O)Nc1ccc(F)c([N+](=O)[O-])c1. The third-order valence-corrected chi connectivity index (χ3v) is 6.55. The Morgan fingerprint density at radius 3 is 2.53 bits per heavy atom. The second-order valence-corrected chi connectivity index (χ2v) is 8.78. The van der Waals surface area contributed by atoms with Gasteiger partial charge in [-0.15, -0.1) is 0 Å². The van der Waals surface area contributed by atoms with Crippen LogP contribution in [-0.4, -0.2) is 54.3 Å². The molecular formula is C19H18FN3O8S. The number of esters is 1. The lowest BCUT2D eigenvalue weighted by molar-refractivity contribution is -0.387. The van der Waals surface area contributed by atoms with E-state index in [1.165, 1.54) is 4.31 Å². The van der Waals surface area contributed by atoms with Crippen LogP contribution in [-0.2, 0) is 19.6 Å². The standard InChI is InChI=1S/C19H18FN3O8S/c20-15-5-3-12(9-16(15)23(27)28)21-18(25)11-31-19(26)14-10-13(4-6-17(14)24)32(29,30)22-7-1-2-8-22/h3-6,9-10,24H,1-2,7-8,11H2,(H,21,25). The zero-order valence-electron chi connectivity index (χ0n) is 16.5. The first-order valence-electron chi connectivity index (χ1n) is 9.33. The summed E-state index contributed by atoms with van der Waals surface area (Å²) >= 11 is 0. The molecule has 0 atom stereocenters. The Labute approximate surface area is 181 Å². The normalized spacial score (nSPS) is 14.2. The number of hydrogen-bond acceptors (Lipinski definition) is 8. The van der Waals surface area contributed by atoms with Crippen LogP contribution in [0.25, 0.3) is 0 Å². The maximum Gasteiger partial charge on any atom is 0.342 e. The number of amides is 1. The number of nitro benzene ring substituents is 1. The fraction of sp³-hybridized carbons (Fsp3) is 0.263. The molecule has 1 saturated heterocycles. The average Bonchev–Trinajstić information content (AvgIpc) is 3.29. The molecule has 1 aliphatic rings. The summed E-state index contributed by atoms with van der Waals surface area (Å²) in [5.74, 6) is -3.66. The molecule has 0 radical (unpaired) electrons. The smallest absolute Gasteiger partial charge is 0.342 e. The van der Waals surface area contributed by atoms with Gasteiger partial charge >= 0.3 is 11.7 Å². The van der Waals surface area contributed by atoms with E-state index >= 15 is 0 Å². The van der Waals surface area contributed by atoms with Gasteiger partial charge in [0.25, 0.3) is 5.91 Å². The number of nitrogens with one attached hydrogen (secondary N) is 1. The summed E-state index contributed by atoms with van der Waals surface area (Å²) in [7, 11) is -3.85. The van der Waals surface area contributed by atoms with E-state index in [0.717, 1.165) is 49.2 Å². The fourth-order valence-corrected chi connectivity index (χ4v) is 4.60. The van der Waals surface area contributed by atoms with Crippen molar-refractivity contribution in [1.82, 2.24) is 4.31 Å². The highest BCUT2D eigenvalue weighted by molar-refractivity contribution is 7.89. The van der Waals surface area contributed by atoms with Gasteiger partial charge in [0.05, 0.1) is 9.82 Å². The zero-order chi connectivity index (χ0) is 23.5. The molecule has 32 heavy (non-hydrogen) atoms. The number of nitrogens with zero attached hydrogens (tertiary/aromatic N) is 2. The van der Waals surface area contributed by atoms with Crippen molar-refractivity contribution in [2.75, 3.05) is 25.0 Å². The minimum Gasteiger partial charge on any atom is -0.507 e. The summed E-state index contributed by atoms with van der Waals surface area (Å²) in [6, 6.07) is 5.84. The Morgan fingerprint density at radius 1 is 1.19 bits per heavy atom. The first-order chi connectivity index (χ1) is 15.1. The molecule has 2 aromatic carbocycles. The molecule has 1 heterocycles. The van der Waals surface area contributed by atoms with Crippen LogP contribution in [0.1, 0.15) is 23.2 Å². The monoisotopic (exact) mass is 467 g/mol. The number of rotatable bonds is 7. The van der Waals surface area contributed by atoms with Crippen molar-refractivity contribution in [3.05, 3.63) is 57.9 Å². The quantitative estimate of drug-likeness (QED) is 0.356. The van der Waals surface area contributed by atoms with E-state index < -0.39 is 56.2 Å². The maximum atomic E-state index is 13.4. The van der Waals surface area contributed by atoms with Crippen molar-refractivity contribution in [3.63, 3.8) is 0 Å². The second-order valence-electron chi connectivity index (χ2n) is 6.84. The lowest BCUT2D eigenvalue weighted by atomic mass is 10.2. The lowest BCUT2D eigenvalue weighted by Gasteiger charge is -2.16. The predicted molar refractivity (Wildman–Crippen MR) is 108 cm³/mol. The number of nitro groups is 1. The molecule has 170 valence electrons. The Bertz CT molecular complexity index is 1180. The molecule has 2 aromatic rings. The molecule has 0 aromatic heterocycles.